The van der Waals surface area contributed by atoms with E-state index in [1.54, 1.807) is 0 Å². The lowest BCUT2D eigenvalue weighted by atomic mass is 10.1. The minimum atomic E-state index is -4.58. The van der Waals surface area contributed by atoms with Crippen LogP contribution in [-0.4, -0.2) is 4.98 Å². The van der Waals surface area contributed by atoms with Gasteiger partial charge in [0, 0.05) is 6.20 Å². The molecule has 0 aromatic carbocycles. The van der Waals surface area contributed by atoms with Gasteiger partial charge in [0.25, 0.3) is 0 Å². The Labute approximate surface area is 77.1 Å². The second-order valence-electron chi connectivity index (χ2n) is 2.37. The van der Waals surface area contributed by atoms with Gasteiger partial charge in [-0.15, -0.1) is 0 Å². The van der Waals surface area contributed by atoms with Crippen LogP contribution in [0, 0.1) is 11.3 Å². The van der Waals surface area contributed by atoms with E-state index in [0.717, 1.165) is 6.20 Å². The van der Waals surface area contributed by atoms with Crippen LogP contribution in [0.3, 0.4) is 0 Å². The van der Waals surface area contributed by atoms with Crippen LogP contribution in [0.5, 0.6) is 0 Å². The Hall–Kier alpha value is -1.81. The second kappa shape index (κ2) is 3.51. The summed E-state index contributed by atoms with van der Waals surface area (Å²) in [5.74, 6) is 4.75. The van der Waals surface area contributed by atoms with Crippen LogP contribution < -0.4 is 11.3 Å². The van der Waals surface area contributed by atoms with E-state index in [1.165, 1.54) is 6.07 Å². The van der Waals surface area contributed by atoms with Gasteiger partial charge >= 0.3 is 6.18 Å². The van der Waals surface area contributed by atoms with Gasteiger partial charge in [-0.3, -0.25) is 0 Å². The van der Waals surface area contributed by atoms with E-state index in [2.05, 4.69) is 4.98 Å². The highest BCUT2D eigenvalue weighted by molar-refractivity contribution is 5.46. The molecule has 0 bridgehead atoms. The molecule has 0 amide bonds. The Morgan fingerprint density at radius 1 is 1.50 bits per heavy atom. The molecule has 0 aliphatic heterocycles. The number of aromatic nitrogens is 1. The van der Waals surface area contributed by atoms with Gasteiger partial charge in [-0.1, -0.05) is 0 Å². The average molecular weight is 202 g/mol. The molecule has 1 aromatic heterocycles. The summed E-state index contributed by atoms with van der Waals surface area (Å²) in [5, 5.41) is 8.40. The highest BCUT2D eigenvalue weighted by Gasteiger charge is 2.34. The summed E-state index contributed by atoms with van der Waals surface area (Å²) in [7, 11) is 0. The molecule has 0 unspecified atom stereocenters. The SMILES string of the molecule is N#Cc1cnc(NN)cc1C(F)(F)F. The average Bonchev–Trinajstić information content (AvgIpc) is 2.15. The molecular weight excluding hydrogens is 197 g/mol. The van der Waals surface area contributed by atoms with Crippen molar-refractivity contribution in [1.82, 2.24) is 4.98 Å². The molecular formula is C7H5F3N4. The number of hydrogen-bond acceptors (Lipinski definition) is 4. The smallest absolute Gasteiger partial charge is 0.308 e. The Morgan fingerprint density at radius 3 is 2.57 bits per heavy atom. The molecule has 14 heavy (non-hydrogen) atoms. The van der Waals surface area contributed by atoms with Gasteiger partial charge in [0.15, 0.2) is 0 Å². The number of nitrogens with zero attached hydrogens (tertiary/aromatic N) is 2. The predicted molar refractivity (Wildman–Crippen MR) is 41.8 cm³/mol. The third kappa shape index (κ3) is 1.92. The van der Waals surface area contributed by atoms with E-state index >= 15 is 0 Å². The van der Waals surface area contributed by atoms with Gasteiger partial charge in [-0.2, -0.15) is 18.4 Å². The first kappa shape index (κ1) is 10.3. The summed E-state index contributed by atoms with van der Waals surface area (Å²) in [6.07, 6.45) is -3.77. The summed E-state index contributed by atoms with van der Waals surface area (Å²) in [5.41, 5.74) is 0.386. The van der Waals surface area contributed by atoms with Crippen LogP contribution in [-0.2, 0) is 6.18 Å². The van der Waals surface area contributed by atoms with Gasteiger partial charge in [0.05, 0.1) is 11.1 Å². The third-order valence-corrected chi connectivity index (χ3v) is 1.48. The van der Waals surface area contributed by atoms with Crippen molar-refractivity contribution in [3.63, 3.8) is 0 Å². The zero-order valence-electron chi connectivity index (χ0n) is 6.76. The predicted octanol–water partition coefficient (Wildman–Crippen LogP) is 1.26. The number of nitrogens with one attached hydrogen (secondary N) is 1. The van der Waals surface area contributed by atoms with Crippen molar-refractivity contribution in [3.05, 3.63) is 23.4 Å². The van der Waals surface area contributed by atoms with Crippen LogP contribution in [0.15, 0.2) is 12.3 Å². The maximum absolute atomic E-state index is 12.3. The molecule has 74 valence electrons. The minimum Gasteiger partial charge on any atom is -0.308 e. The monoisotopic (exact) mass is 202 g/mol. The van der Waals surface area contributed by atoms with E-state index in [4.69, 9.17) is 11.1 Å². The molecule has 0 fully saturated rings. The molecule has 0 spiro atoms. The maximum Gasteiger partial charge on any atom is 0.417 e. The second-order valence-corrected chi connectivity index (χ2v) is 2.37. The summed E-state index contributed by atoms with van der Waals surface area (Å²) in [6.45, 7) is 0. The first-order valence-corrected chi connectivity index (χ1v) is 3.43. The number of hydrazine groups is 1. The molecule has 1 heterocycles. The first-order chi connectivity index (χ1) is 6.49. The largest absolute Gasteiger partial charge is 0.417 e. The summed E-state index contributed by atoms with van der Waals surface area (Å²) >= 11 is 0. The van der Waals surface area contributed by atoms with Crippen molar-refractivity contribution in [2.24, 2.45) is 5.84 Å². The number of pyridine rings is 1. The van der Waals surface area contributed by atoms with Gasteiger partial charge in [-0.05, 0) is 6.07 Å². The lowest BCUT2D eigenvalue weighted by Crippen LogP contribution is -2.13. The third-order valence-electron chi connectivity index (χ3n) is 1.48. The lowest BCUT2D eigenvalue weighted by Gasteiger charge is -2.09. The fourth-order valence-corrected chi connectivity index (χ4v) is 0.858. The molecule has 0 atom stereocenters. The molecule has 7 heteroatoms. The fraction of sp³-hybridized carbons (Fsp3) is 0.143. The Bertz CT molecular complexity index is 380. The number of nitrogens with two attached hydrogens (primary N) is 1. The molecule has 1 rings (SSSR count). The van der Waals surface area contributed by atoms with Crippen LogP contribution in [0.1, 0.15) is 11.1 Å². The molecule has 4 nitrogen and oxygen atoms in total. The molecule has 0 radical (unpaired) electrons. The quantitative estimate of drug-likeness (QED) is 0.531. The lowest BCUT2D eigenvalue weighted by molar-refractivity contribution is -0.137. The zero-order chi connectivity index (χ0) is 10.8. The van der Waals surface area contributed by atoms with E-state index in [1.807, 2.05) is 5.43 Å². The van der Waals surface area contributed by atoms with Gasteiger partial charge in [0.2, 0.25) is 0 Å². The van der Waals surface area contributed by atoms with Crippen molar-refractivity contribution in [2.75, 3.05) is 5.43 Å². The summed E-state index contributed by atoms with van der Waals surface area (Å²) < 4.78 is 36.9. The molecule has 0 saturated carbocycles. The molecule has 3 N–H and O–H groups in total. The number of anilines is 1. The van der Waals surface area contributed by atoms with Gasteiger partial charge in [0.1, 0.15) is 11.9 Å². The highest BCUT2D eigenvalue weighted by Crippen LogP contribution is 2.32. The molecule has 0 aliphatic rings. The highest BCUT2D eigenvalue weighted by atomic mass is 19.4. The minimum absolute atomic E-state index is 0.142. The number of hydrogen-bond donors (Lipinski definition) is 2. The number of nitriles is 1. The number of alkyl halides is 3. The van der Waals surface area contributed by atoms with Crippen LogP contribution in [0.4, 0.5) is 19.0 Å². The normalized spacial score (nSPS) is 10.8. The summed E-state index contributed by atoms with van der Waals surface area (Å²) in [4.78, 5) is 3.48. The zero-order valence-corrected chi connectivity index (χ0v) is 6.76. The maximum atomic E-state index is 12.3. The number of rotatable bonds is 1. The first-order valence-electron chi connectivity index (χ1n) is 3.43. The molecule has 1 aromatic rings. The molecule has 0 aliphatic carbocycles. The van der Waals surface area contributed by atoms with Gasteiger partial charge < -0.3 is 5.43 Å². The number of halogens is 3. The Kier molecular flexibility index (Phi) is 2.58. The van der Waals surface area contributed by atoms with E-state index in [0.29, 0.717) is 6.07 Å². The van der Waals surface area contributed by atoms with Crippen molar-refractivity contribution in [1.29, 1.82) is 5.26 Å². The summed E-state index contributed by atoms with van der Waals surface area (Å²) in [6, 6.07) is 2.08. The molecule has 0 saturated heterocycles. The number of nitrogen functional groups attached to an aromatic ring is 1. The topological polar surface area (TPSA) is 74.7 Å². The van der Waals surface area contributed by atoms with Crippen molar-refractivity contribution >= 4 is 5.82 Å². The van der Waals surface area contributed by atoms with Crippen molar-refractivity contribution < 1.29 is 13.2 Å². The van der Waals surface area contributed by atoms with E-state index < -0.39 is 17.3 Å². The van der Waals surface area contributed by atoms with Crippen molar-refractivity contribution in [2.45, 2.75) is 6.18 Å². The van der Waals surface area contributed by atoms with Gasteiger partial charge in [-0.25, -0.2) is 10.8 Å². The fourth-order valence-electron chi connectivity index (χ4n) is 0.858. The van der Waals surface area contributed by atoms with E-state index in [-0.39, 0.29) is 5.82 Å². The van der Waals surface area contributed by atoms with Crippen LogP contribution >= 0.6 is 0 Å². The van der Waals surface area contributed by atoms with Crippen LogP contribution in [0.25, 0.3) is 0 Å². The van der Waals surface area contributed by atoms with E-state index in [9.17, 15) is 13.2 Å². The standard InChI is InChI=1S/C7H5F3N4/c8-7(9,10)5-1-6(14-12)13-3-4(5)2-11/h1,3H,12H2,(H,13,14). The van der Waals surface area contributed by atoms with Crippen LogP contribution in [0.2, 0.25) is 0 Å². The van der Waals surface area contributed by atoms with Crippen molar-refractivity contribution in [3.8, 4) is 6.07 Å². The Balaban J connectivity index is 3.31. The Morgan fingerprint density at radius 2 is 2.14 bits per heavy atom.